The number of ether oxygens (including phenoxy) is 3. The number of terminal acetylenes is 1. The highest BCUT2D eigenvalue weighted by atomic mass is 127. The van der Waals surface area contributed by atoms with Crippen LogP contribution in [0.25, 0.3) is 0 Å². The van der Waals surface area contributed by atoms with Gasteiger partial charge in [-0.25, -0.2) is 4.99 Å². The molecule has 0 spiro atoms. The van der Waals surface area contributed by atoms with Crippen molar-refractivity contribution in [3.8, 4) is 29.6 Å². The molecule has 0 radical (unpaired) electrons. The van der Waals surface area contributed by atoms with Gasteiger partial charge in [0.2, 0.25) is 0 Å². The zero-order valence-electron chi connectivity index (χ0n) is 16.1. The Morgan fingerprint density at radius 3 is 2.39 bits per heavy atom. The van der Waals surface area contributed by atoms with E-state index in [2.05, 4.69) is 16.2 Å². The molecule has 0 saturated carbocycles. The summed E-state index contributed by atoms with van der Waals surface area (Å²) in [6.07, 6.45) is 5.99. The largest absolute Gasteiger partial charge is 0.493 e. The number of hydrogen-bond donors (Lipinski definition) is 2. The number of nitrogens with two attached hydrogens (primary N) is 1. The van der Waals surface area contributed by atoms with E-state index in [-0.39, 0.29) is 30.6 Å². The summed E-state index contributed by atoms with van der Waals surface area (Å²) in [4.78, 5) is 4.35. The molecule has 0 unspecified atom stereocenters. The standard InChI is InChI=1S/C21H25N3O3.HI/c1-4-13-27-18-8-5-16(6-9-18)11-12-23-21(22)24-15-17-7-10-19(25-2)20(14-17)26-3;/h1,5-10,14H,11-13,15H2,2-3H3,(H3,22,23,24);1H. The van der Waals surface area contributed by atoms with Crippen LogP contribution < -0.4 is 25.3 Å². The summed E-state index contributed by atoms with van der Waals surface area (Å²) >= 11 is 0. The predicted molar refractivity (Wildman–Crippen MR) is 123 cm³/mol. The van der Waals surface area contributed by atoms with Crippen LogP contribution in [0, 0.1) is 12.3 Å². The lowest BCUT2D eigenvalue weighted by Crippen LogP contribution is -2.33. The third kappa shape index (κ3) is 7.56. The summed E-state index contributed by atoms with van der Waals surface area (Å²) in [5.41, 5.74) is 8.09. The van der Waals surface area contributed by atoms with Crippen LogP contribution in [-0.2, 0) is 13.0 Å². The summed E-state index contributed by atoms with van der Waals surface area (Å²) in [6, 6.07) is 13.5. The molecule has 3 N–H and O–H groups in total. The molecule has 0 atom stereocenters. The molecule has 6 nitrogen and oxygen atoms in total. The van der Waals surface area contributed by atoms with Crippen molar-refractivity contribution in [2.75, 3.05) is 27.4 Å². The second-order valence-corrected chi connectivity index (χ2v) is 5.70. The predicted octanol–water partition coefficient (Wildman–Crippen LogP) is 2.98. The molecular weight excluding hydrogens is 469 g/mol. The van der Waals surface area contributed by atoms with Gasteiger partial charge in [0.1, 0.15) is 12.4 Å². The highest BCUT2D eigenvalue weighted by Gasteiger charge is 2.04. The number of aliphatic imine (C=N–C) groups is 1. The summed E-state index contributed by atoms with van der Waals surface area (Å²) in [5, 5.41) is 3.12. The summed E-state index contributed by atoms with van der Waals surface area (Å²) in [6.45, 7) is 1.42. The smallest absolute Gasteiger partial charge is 0.188 e. The molecule has 0 saturated heterocycles. The van der Waals surface area contributed by atoms with E-state index in [0.717, 1.165) is 17.7 Å². The molecule has 7 heteroatoms. The van der Waals surface area contributed by atoms with Gasteiger partial charge in [0.15, 0.2) is 17.5 Å². The molecule has 0 heterocycles. The molecule has 28 heavy (non-hydrogen) atoms. The van der Waals surface area contributed by atoms with Gasteiger partial charge in [0, 0.05) is 6.54 Å². The maximum atomic E-state index is 5.94. The highest BCUT2D eigenvalue weighted by molar-refractivity contribution is 14.0. The van der Waals surface area contributed by atoms with Gasteiger partial charge < -0.3 is 25.3 Å². The molecule has 2 aromatic carbocycles. The molecule has 0 fully saturated rings. The van der Waals surface area contributed by atoms with Crippen molar-refractivity contribution in [1.82, 2.24) is 5.32 Å². The van der Waals surface area contributed by atoms with Crippen LogP contribution in [-0.4, -0.2) is 33.3 Å². The van der Waals surface area contributed by atoms with Gasteiger partial charge in [0.25, 0.3) is 0 Å². The minimum atomic E-state index is 0. The first-order valence-electron chi connectivity index (χ1n) is 8.56. The fraction of sp³-hybridized carbons (Fsp3) is 0.286. The molecule has 0 bridgehead atoms. The molecule has 2 aromatic rings. The van der Waals surface area contributed by atoms with E-state index in [9.17, 15) is 0 Å². The van der Waals surface area contributed by atoms with E-state index in [0.29, 0.717) is 30.5 Å². The van der Waals surface area contributed by atoms with E-state index in [1.165, 1.54) is 5.56 Å². The number of methoxy groups -OCH3 is 2. The molecule has 0 aromatic heterocycles. The first-order chi connectivity index (χ1) is 13.2. The van der Waals surface area contributed by atoms with Crippen molar-refractivity contribution < 1.29 is 14.2 Å². The van der Waals surface area contributed by atoms with E-state index in [1.54, 1.807) is 14.2 Å². The van der Waals surface area contributed by atoms with Gasteiger partial charge in [-0.3, -0.25) is 0 Å². The maximum Gasteiger partial charge on any atom is 0.188 e. The number of nitrogens with zero attached hydrogens (tertiary/aromatic N) is 1. The molecule has 150 valence electrons. The Labute approximate surface area is 183 Å². The average Bonchev–Trinajstić information content (AvgIpc) is 2.71. The number of nitrogens with one attached hydrogen (secondary N) is 1. The quantitative estimate of drug-likeness (QED) is 0.242. The first-order valence-corrected chi connectivity index (χ1v) is 8.56. The van der Waals surface area contributed by atoms with Crippen LogP contribution in [0.2, 0.25) is 0 Å². The van der Waals surface area contributed by atoms with Crippen LogP contribution >= 0.6 is 24.0 Å². The first kappa shape index (κ1) is 23.4. The summed E-state index contributed by atoms with van der Waals surface area (Å²) in [7, 11) is 3.21. The minimum absolute atomic E-state index is 0. The SMILES string of the molecule is C#CCOc1ccc(CCNC(N)=NCc2ccc(OC)c(OC)c2)cc1.I. The normalized spacial score (nSPS) is 10.4. The van der Waals surface area contributed by atoms with E-state index in [1.807, 2.05) is 42.5 Å². The maximum absolute atomic E-state index is 5.94. The summed E-state index contributed by atoms with van der Waals surface area (Å²) in [5.74, 6) is 4.97. The number of guanidine groups is 1. The number of halogens is 1. The van der Waals surface area contributed by atoms with Crippen molar-refractivity contribution in [2.45, 2.75) is 13.0 Å². The summed E-state index contributed by atoms with van der Waals surface area (Å²) < 4.78 is 15.9. The Bertz CT molecular complexity index is 802. The third-order valence-electron chi connectivity index (χ3n) is 3.85. The lowest BCUT2D eigenvalue weighted by atomic mass is 10.1. The van der Waals surface area contributed by atoms with Crippen molar-refractivity contribution in [1.29, 1.82) is 0 Å². The van der Waals surface area contributed by atoms with Gasteiger partial charge in [-0.15, -0.1) is 30.4 Å². The zero-order valence-corrected chi connectivity index (χ0v) is 18.4. The van der Waals surface area contributed by atoms with Crippen molar-refractivity contribution in [3.63, 3.8) is 0 Å². The third-order valence-corrected chi connectivity index (χ3v) is 3.85. The van der Waals surface area contributed by atoms with Gasteiger partial charge in [-0.1, -0.05) is 24.1 Å². The van der Waals surface area contributed by atoms with Crippen molar-refractivity contribution in [2.24, 2.45) is 10.7 Å². The fourth-order valence-electron chi connectivity index (χ4n) is 2.42. The lowest BCUT2D eigenvalue weighted by molar-refractivity contribution is 0.354. The van der Waals surface area contributed by atoms with Gasteiger partial charge in [0.05, 0.1) is 20.8 Å². The minimum Gasteiger partial charge on any atom is -0.493 e. The lowest BCUT2D eigenvalue weighted by Gasteiger charge is -2.09. The second-order valence-electron chi connectivity index (χ2n) is 5.70. The fourth-order valence-corrected chi connectivity index (χ4v) is 2.42. The van der Waals surface area contributed by atoms with Gasteiger partial charge in [-0.05, 0) is 41.8 Å². The second kappa shape index (κ2) is 12.7. The molecule has 0 aliphatic carbocycles. The van der Waals surface area contributed by atoms with Crippen LogP contribution in [0.1, 0.15) is 11.1 Å². The topological polar surface area (TPSA) is 78.1 Å². The Kier molecular flexibility index (Phi) is 10.7. The Morgan fingerprint density at radius 1 is 1.07 bits per heavy atom. The Hall–Kier alpha value is -2.60. The van der Waals surface area contributed by atoms with Crippen LogP contribution in [0.15, 0.2) is 47.5 Å². The Morgan fingerprint density at radius 2 is 1.75 bits per heavy atom. The van der Waals surface area contributed by atoms with E-state index < -0.39 is 0 Å². The zero-order chi connectivity index (χ0) is 19.5. The van der Waals surface area contributed by atoms with Crippen LogP contribution in [0.5, 0.6) is 17.2 Å². The average molecular weight is 495 g/mol. The number of hydrogen-bond acceptors (Lipinski definition) is 4. The van der Waals surface area contributed by atoms with Gasteiger partial charge in [-0.2, -0.15) is 0 Å². The van der Waals surface area contributed by atoms with Crippen LogP contribution in [0.3, 0.4) is 0 Å². The van der Waals surface area contributed by atoms with Crippen molar-refractivity contribution >= 4 is 29.9 Å². The molecule has 0 aliphatic rings. The monoisotopic (exact) mass is 495 g/mol. The number of benzene rings is 2. The van der Waals surface area contributed by atoms with Crippen molar-refractivity contribution in [3.05, 3.63) is 53.6 Å². The van der Waals surface area contributed by atoms with E-state index in [4.69, 9.17) is 26.4 Å². The molecule has 0 aliphatic heterocycles. The molecule has 0 amide bonds. The Balaban J connectivity index is 0.00000392. The van der Waals surface area contributed by atoms with E-state index >= 15 is 0 Å². The van der Waals surface area contributed by atoms with Crippen LogP contribution in [0.4, 0.5) is 0 Å². The molecular formula is C21H26IN3O3. The molecule has 2 rings (SSSR count). The van der Waals surface area contributed by atoms with Gasteiger partial charge >= 0.3 is 0 Å². The highest BCUT2D eigenvalue weighted by Crippen LogP contribution is 2.27. The number of rotatable bonds is 9.